The number of benzene rings is 4. The van der Waals surface area contributed by atoms with Crippen LogP contribution < -0.4 is 0 Å². The minimum atomic E-state index is 1.10. The Balaban J connectivity index is 1.24. The fourth-order valence-corrected chi connectivity index (χ4v) is 6.70. The van der Waals surface area contributed by atoms with Crippen molar-refractivity contribution in [3.63, 3.8) is 0 Å². The molecular weight excluding hydrogens is 484 g/mol. The monoisotopic (exact) mass is 512 g/mol. The van der Waals surface area contributed by atoms with Gasteiger partial charge < -0.3 is 9.13 Å². The molecule has 0 saturated heterocycles. The third-order valence-corrected chi connectivity index (χ3v) is 8.52. The second kappa shape index (κ2) is 8.76. The summed E-state index contributed by atoms with van der Waals surface area (Å²) in [6.45, 7) is 4.46. The lowest BCUT2D eigenvalue weighted by Gasteiger charge is -2.16. The van der Waals surface area contributed by atoms with Crippen LogP contribution in [0.1, 0.15) is 28.8 Å². The number of allylic oxidation sites excluding steroid dienone is 1. The van der Waals surface area contributed by atoms with Crippen LogP contribution in [0.25, 0.3) is 61.3 Å². The van der Waals surface area contributed by atoms with Crippen LogP contribution in [0.3, 0.4) is 0 Å². The molecule has 8 rings (SSSR count). The average Bonchev–Trinajstić information content (AvgIpc) is 3.51. The van der Waals surface area contributed by atoms with E-state index in [0.717, 1.165) is 23.7 Å². The molecule has 190 valence electrons. The van der Waals surface area contributed by atoms with Crippen molar-refractivity contribution < 1.29 is 0 Å². The number of hydrogen-bond acceptors (Lipinski definition) is 0. The predicted octanol–water partition coefficient (Wildman–Crippen LogP) is 9.57. The van der Waals surface area contributed by atoms with Crippen molar-refractivity contribution in [2.75, 3.05) is 0 Å². The smallest absolute Gasteiger partial charge is 0.0631 e. The first kappa shape index (κ1) is 22.9. The van der Waals surface area contributed by atoms with Gasteiger partial charge in [0.15, 0.2) is 0 Å². The normalized spacial score (nSPS) is 12.8. The van der Waals surface area contributed by atoms with Gasteiger partial charge in [-0.05, 0) is 109 Å². The van der Waals surface area contributed by atoms with Crippen LogP contribution in [0, 0.1) is 26.0 Å². The topological polar surface area (TPSA) is 9.86 Å². The largest absolute Gasteiger partial charge is 0.310 e. The number of fused-ring (bicyclic) bond motifs is 6. The number of rotatable bonds is 3. The number of hydrogen-bond donors (Lipinski definition) is 0. The van der Waals surface area contributed by atoms with Crippen LogP contribution in [0.2, 0.25) is 0 Å². The van der Waals surface area contributed by atoms with Gasteiger partial charge >= 0.3 is 0 Å². The third kappa shape index (κ3) is 3.31. The van der Waals surface area contributed by atoms with E-state index in [-0.39, 0.29) is 0 Å². The second-order valence-electron chi connectivity index (χ2n) is 10.9. The quantitative estimate of drug-likeness (QED) is 0.223. The minimum Gasteiger partial charge on any atom is -0.310 e. The highest BCUT2D eigenvalue weighted by Crippen LogP contribution is 2.37. The Morgan fingerprint density at radius 3 is 2.02 bits per heavy atom. The Morgan fingerprint density at radius 1 is 0.650 bits per heavy atom. The van der Waals surface area contributed by atoms with Crippen LogP contribution in [-0.2, 0) is 6.42 Å². The first-order valence-corrected chi connectivity index (χ1v) is 14.0. The second-order valence-corrected chi connectivity index (χ2v) is 10.9. The predicted molar refractivity (Wildman–Crippen MR) is 168 cm³/mol. The number of nitrogens with zero attached hydrogens (tertiary/aromatic N) is 2. The van der Waals surface area contributed by atoms with Crippen molar-refractivity contribution in [3.05, 3.63) is 138 Å². The van der Waals surface area contributed by atoms with Crippen molar-refractivity contribution in [3.8, 4) is 22.5 Å². The summed E-state index contributed by atoms with van der Waals surface area (Å²) in [7, 11) is 0. The van der Waals surface area contributed by atoms with Crippen LogP contribution in [-0.4, -0.2) is 9.13 Å². The fourth-order valence-electron chi connectivity index (χ4n) is 6.70. The summed E-state index contributed by atoms with van der Waals surface area (Å²) in [4.78, 5) is 0. The first-order valence-electron chi connectivity index (χ1n) is 14.0. The molecule has 0 fully saturated rings. The first-order chi connectivity index (χ1) is 19.7. The van der Waals surface area contributed by atoms with Gasteiger partial charge in [0.2, 0.25) is 0 Å². The van der Waals surface area contributed by atoms with Gasteiger partial charge in [-0.25, -0.2) is 0 Å². The Kier molecular flexibility index (Phi) is 5.03. The van der Waals surface area contributed by atoms with E-state index in [9.17, 15) is 0 Å². The zero-order valence-electron chi connectivity index (χ0n) is 22.7. The maximum Gasteiger partial charge on any atom is 0.0631 e. The summed E-state index contributed by atoms with van der Waals surface area (Å²) >= 11 is 0. The molecule has 2 heteroatoms. The Hall–Kier alpha value is -5.00. The van der Waals surface area contributed by atoms with Crippen molar-refractivity contribution in [1.82, 2.24) is 9.13 Å². The molecule has 40 heavy (non-hydrogen) atoms. The van der Waals surface area contributed by atoms with Gasteiger partial charge in [0.1, 0.15) is 0 Å². The van der Waals surface area contributed by atoms with Crippen LogP contribution in [0.15, 0.2) is 103 Å². The summed E-state index contributed by atoms with van der Waals surface area (Å²) < 4.78 is 4.78. The Morgan fingerprint density at radius 2 is 1.30 bits per heavy atom. The molecule has 2 heterocycles. The van der Waals surface area contributed by atoms with E-state index in [1.165, 1.54) is 66.7 Å². The van der Waals surface area contributed by atoms with E-state index in [4.69, 9.17) is 0 Å². The van der Waals surface area contributed by atoms with E-state index in [1.54, 1.807) is 0 Å². The molecule has 0 saturated carbocycles. The van der Waals surface area contributed by atoms with Crippen LogP contribution in [0.4, 0.5) is 0 Å². The van der Waals surface area contributed by atoms with Crippen molar-refractivity contribution >= 4 is 38.8 Å². The molecule has 0 unspecified atom stereocenters. The zero-order chi connectivity index (χ0) is 26.8. The van der Waals surface area contributed by atoms with Gasteiger partial charge in [0, 0.05) is 27.8 Å². The van der Waals surface area contributed by atoms with E-state index < -0.39 is 0 Å². The lowest BCUT2D eigenvalue weighted by molar-refractivity contribution is 0.967. The van der Waals surface area contributed by atoms with E-state index in [1.807, 2.05) is 6.07 Å². The Labute approximate surface area is 234 Å². The third-order valence-electron chi connectivity index (χ3n) is 8.52. The van der Waals surface area contributed by atoms with Gasteiger partial charge in [0.05, 0.1) is 21.9 Å². The van der Waals surface area contributed by atoms with E-state index in [0.29, 0.717) is 0 Å². The molecule has 1 aliphatic rings. The van der Waals surface area contributed by atoms with E-state index in [2.05, 4.69) is 138 Å². The zero-order valence-corrected chi connectivity index (χ0v) is 22.7. The SMILES string of the molecule is Cc1cc(-n2c3c(c4ccccc42)CCC=C3)ccc1-c1ccc(-n2c3ccc#cc3c3ccccc32)cc1C. The fraction of sp³-hybridized carbons (Fsp3) is 0.105. The van der Waals surface area contributed by atoms with Crippen molar-refractivity contribution in [1.29, 1.82) is 0 Å². The molecular formula is C38H28N2. The highest BCUT2D eigenvalue weighted by atomic mass is 15.0. The average molecular weight is 513 g/mol. The summed E-state index contributed by atoms with van der Waals surface area (Å²) in [5, 5.41) is 3.69. The van der Waals surface area contributed by atoms with Crippen molar-refractivity contribution in [2.45, 2.75) is 26.7 Å². The highest BCUT2D eigenvalue weighted by Gasteiger charge is 2.19. The molecule has 2 aromatic heterocycles. The van der Waals surface area contributed by atoms with Crippen LogP contribution >= 0.6 is 0 Å². The Bertz CT molecular complexity index is 2080. The molecule has 0 aliphatic heterocycles. The van der Waals surface area contributed by atoms with Gasteiger partial charge in [-0.1, -0.05) is 66.7 Å². The summed E-state index contributed by atoms with van der Waals surface area (Å²) in [6.07, 6.45) is 6.82. The molecule has 0 amide bonds. The number of aromatic nitrogens is 2. The molecule has 0 atom stereocenters. The number of aryl methyl sites for hydroxylation is 3. The maximum atomic E-state index is 3.34. The molecule has 5 aromatic carbocycles. The van der Waals surface area contributed by atoms with Crippen molar-refractivity contribution in [2.24, 2.45) is 0 Å². The molecule has 1 aliphatic carbocycles. The highest BCUT2D eigenvalue weighted by molar-refractivity contribution is 6.08. The lowest BCUT2D eigenvalue weighted by atomic mass is 9.95. The standard InChI is InChI=1S/C38H28N2/c1-25-23-27(39-35-15-7-3-11-31(35)32-12-4-8-16-36(32)39)19-21-29(25)30-22-20-28(24-26(30)2)40-37-17-9-5-13-33(37)34-14-6-10-18-38(34)40/h3,5,7-11,13,15-24H,4,12H2,1-2H3. The maximum absolute atomic E-state index is 3.34. The molecule has 0 bridgehead atoms. The van der Waals surface area contributed by atoms with Gasteiger partial charge in [-0.2, -0.15) is 0 Å². The molecule has 0 radical (unpaired) electrons. The number of para-hydroxylation sites is 2. The van der Waals surface area contributed by atoms with Gasteiger partial charge in [0.25, 0.3) is 0 Å². The minimum absolute atomic E-state index is 1.10. The van der Waals surface area contributed by atoms with Crippen LogP contribution in [0.5, 0.6) is 0 Å². The molecule has 2 nitrogen and oxygen atoms in total. The van der Waals surface area contributed by atoms with Gasteiger partial charge in [-0.15, -0.1) is 0 Å². The molecule has 0 spiro atoms. The molecule has 0 N–H and O–H groups in total. The lowest BCUT2D eigenvalue weighted by Crippen LogP contribution is -2.01. The summed E-state index contributed by atoms with van der Waals surface area (Å²) in [6, 6.07) is 41.7. The van der Waals surface area contributed by atoms with E-state index >= 15 is 0 Å². The molecule has 7 aromatic rings. The van der Waals surface area contributed by atoms with Gasteiger partial charge in [-0.3, -0.25) is 0 Å². The summed E-state index contributed by atoms with van der Waals surface area (Å²) in [5.41, 5.74) is 13.9. The summed E-state index contributed by atoms with van der Waals surface area (Å²) in [5.74, 6) is 0.